The molecule has 7 nitrogen and oxygen atoms in total. The van der Waals surface area contributed by atoms with Crippen molar-refractivity contribution >= 4 is 5.96 Å². The number of guanidine groups is 1. The van der Waals surface area contributed by atoms with E-state index in [0.29, 0.717) is 36.6 Å². The molecule has 0 aromatic carbocycles. The first-order valence-corrected chi connectivity index (χ1v) is 9.25. The van der Waals surface area contributed by atoms with Gasteiger partial charge in [0.25, 0.3) is 0 Å². The van der Waals surface area contributed by atoms with Crippen LogP contribution in [0.3, 0.4) is 0 Å². The molecule has 4 atom stereocenters. The van der Waals surface area contributed by atoms with Crippen molar-refractivity contribution in [1.82, 2.24) is 25.0 Å². The van der Waals surface area contributed by atoms with Crippen molar-refractivity contribution in [3.05, 3.63) is 11.6 Å². The smallest absolute Gasteiger partial charge is 0.194 e. The Balaban J connectivity index is 1.33. The summed E-state index contributed by atoms with van der Waals surface area (Å²) in [7, 11) is 2.00. The lowest BCUT2D eigenvalue weighted by molar-refractivity contribution is 0.0767. The van der Waals surface area contributed by atoms with Crippen LogP contribution in [0, 0.1) is 18.8 Å². The van der Waals surface area contributed by atoms with E-state index in [1.807, 2.05) is 18.5 Å². The summed E-state index contributed by atoms with van der Waals surface area (Å²) in [5, 5.41) is 12.0. The predicted molar refractivity (Wildman–Crippen MR) is 89.5 cm³/mol. The lowest BCUT2D eigenvalue weighted by Crippen LogP contribution is -2.42. The van der Waals surface area contributed by atoms with Crippen LogP contribution in [-0.2, 0) is 18.3 Å². The van der Waals surface area contributed by atoms with Gasteiger partial charge in [-0.25, -0.2) is 4.99 Å². The SMILES string of the molecule is Cc1nnc(CN=C(NC2CC2)N2CC3C4CCC(O4)C3C2)n1C. The van der Waals surface area contributed by atoms with Crippen molar-refractivity contribution in [3.63, 3.8) is 0 Å². The first-order valence-electron chi connectivity index (χ1n) is 9.25. The van der Waals surface area contributed by atoms with Gasteiger partial charge in [-0.3, -0.25) is 0 Å². The van der Waals surface area contributed by atoms with Gasteiger partial charge in [0, 0.05) is 38.0 Å². The maximum Gasteiger partial charge on any atom is 0.194 e. The van der Waals surface area contributed by atoms with Gasteiger partial charge < -0.3 is 19.5 Å². The Kier molecular flexibility index (Phi) is 3.33. The van der Waals surface area contributed by atoms with Gasteiger partial charge in [-0.05, 0) is 32.6 Å². The van der Waals surface area contributed by atoms with Crippen LogP contribution in [0.5, 0.6) is 0 Å². The molecule has 4 heterocycles. The summed E-state index contributed by atoms with van der Waals surface area (Å²) in [6.45, 7) is 4.73. The predicted octanol–water partition coefficient (Wildman–Crippen LogP) is 0.841. The minimum absolute atomic E-state index is 0.494. The first kappa shape index (κ1) is 14.7. The molecule has 4 unspecified atom stereocenters. The summed E-state index contributed by atoms with van der Waals surface area (Å²) in [6, 6.07) is 0.610. The molecule has 3 saturated heterocycles. The Labute approximate surface area is 142 Å². The van der Waals surface area contributed by atoms with Gasteiger partial charge in [-0.2, -0.15) is 0 Å². The van der Waals surface area contributed by atoms with Crippen LogP contribution in [0.15, 0.2) is 4.99 Å². The van der Waals surface area contributed by atoms with Crippen molar-refractivity contribution in [1.29, 1.82) is 0 Å². The second-order valence-corrected chi connectivity index (χ2v) is 7.80. The normalized spacial score (nSPS) is 34.9. The van der Waals surface area contributed by atoms with Gasteiger partial charge in [0.2, 0.25) is 0 Å². The van der Waals surface area contributed by atoms with Gasteiger partial charge in [-0.15, -0.1) is 10.2 Å². The summed E-state index contributed by atoms with van der Waals surface area (Å²) < 4.78 is 8.12. The number of rotatable bonds is 3. The number of aliphatic imine (C=N–C) groups is 1. The summed E-state index contributed by atoms with van der Waals surface area (Å²) in [5.41, 5.74) is 0. The zero-order chi connectivity index (χ0) is 16.3. The molecular formula is C17H26N6O. The lowest BCUT2D eigenvalue weighted by atomic mass is 9.82. The largest absolute Gasteiger partial charge is 0.374 e. The van der Waals surface area contributed by atoms with Gasteiger partial charge in [0.15, 0.2) is 11.8 Å². The molecule has 1 N–H and O–H groups in total. The highest BCUT2D eigenvalue weighted by molar-refractivity contribution is 5.81. The molecule has 1 saturated carbocycles. The Morgan fingerprint density at radius 2 is 1.88 bits per heavy atom. The van der Waals surface area contributed by atoms with E-state index in [-0.39, 0.29) is 0 Å². The van der Waals surface area contributed by atoms with Gasteiger partial charge in [-0.1, -0.05) is 0 Å². The number of hydrogen-bond acceptors (Lipinski definition) is 4. The van der Waals surface area contributed by atoms with Gasteiger partial charge in [0.1, 0.15) is 12.4 Å². The van der Waals surface area contributed by atoms with Crippen LogP contribution in [0.25, 0.3) is 0 Å². The Hall–Kier alpha value is -1.63. The van der Waals surface area contributed by atoms with Crippen molar-refractivity contribution in [2.45, 2.75) is 57.4 Å². The molecule has 0 spiro atoms. The maximum absolute atomic E-state index is 6.10. The number of nitrogens with one attached hydrogen (secondary N) is 1. The number of hydrogen-bond donors (Lipinski definition) is 1. The Bertz CT molecular complexity index is 648. The zero-order valence-electron chi connectivity index (χ0n) is 14.5. The van der Waals surface area contributed by atoms with Crippen LogP contribution in [-0.4, -0.2) is 57.0 Å². The summed E-state index contributed by atoms with van der Waals surface area (Å²) in [6.07, 6.45) is 6.01. The number of aromatic nitrogens is 3. The van der Waals surface area contributed by atoms with Crippen LogP contribution < -0.4 is 5.32 Å². The Morgan fingerprint density at radius 3 is 2.46 bits per heavy atom. The van der Waals surface area contributed by atoms with E-state index in [0.717, 1.165) is 30.7 Å². The fraction of sp³-hybridized carbons (Fsp3) is 0.824. The van der Waals surface area contributed by atoms with E-state index in [9.17, 15) is 0 Å². The third kappa shape index (κ3) is 2.41. The fourth-order valence-corrected chi connectivity index (χ4v) is 4.51. The lowest BCUT2D eigenvalue weighted by Gasteiger charge is -2.23. The van der Waals surface area contributed by atoms with Crippen LogP contribution in [0.1, 0.15) is 37.3 Å². The standard InChI is InChI=1S/C17H26N6O/c1-10-20-21-16(22(10)2)7-18-17(19-11-3-4-11)23-8-12-13(9-23)15-6-5-14(12)24-15/h11-15H,3-9H2,1-2H3,(H,18,19). The zero-order valence-corrected chi connectivity index (χ0v) is 14.5. The quantitative estimate of drug-likeness (QED) is 0.657. The third-order valence-corrected chi connectivity index (χ3v) is 6.22. The molecule has 0 amide bonds. The highest BCUT2D eigenvalue weighted by Gasteiger charge is 2.53. The van der Waals surface area contributed by atoms with Gasteiger partial charge in [0.05, 0.1) is 12.2 Å². The topological polar surface area (TPSA) is 67.6 Å². The van der Waals surface area contributed by atoms with Crippen molar-refractivity contribution < 1.29 is 4.74 Å². The highest BCUT2D eigenvalue weighted by atomic mass is 16.5. The van der Waals surface area contributed by atoms with Crippen molar-refractivity contribution in [3.8, 4) is 0 Å². The van der Waals surface area contributed by atoms with Crippen LogP contribution >= 0.6 is 0 Å². The number of fused-ring (bicyclic) bond motifs is 5. The number of aryl methyl sites for hydroxylation is 1. The van der Waals surface area contributed by atoms with Gasteiger partial charge >= 0.3 is 0 Å². The number of ether oxygens (including phenoxy) is 1. The summed E-state index contributed by atoms with van der Waals surface area (Å²) in [5.74, 6) is 4.32. The van der Waals surface area contributed by atoms with Crippen molar-refractivity contribution in [2.75, 3.05) is 13.1 Å². The monoisotopic (exact) mass is 330 g/mol. The fourth-order valence-electron chi connectivity index (χ4n) is 4.51. The maximum atomic E-state index is 6.10. The van der Waals surface area contributed by atoms with E-state index in [1.54, 1.807) is 0 Å². The molecular weight excluding hydrogens is 304 g/mol. The first-order chi connectivity index (χ1) is 11.7. The molecule has 130 valence electrons. The molecule has 4 fully saturated rings. The third-order valence-electron chi connectivity index (χ3n) is 6.22. The molecule has 1 aliphatic carbocycles. The van der Waals surface area contributed by atoms with Crippen LogP contribution in [0.2, 0.25) is 0 Å². The minimum Gasteiger partial charge on any atom is -0.374 e. The van der Waals surface area contributed by atoms with E-state index in [1.165, 1.54) is 25.7 Å². The highest BCUT2D eigenvalue weighted by Crippen LogP contribution is 2.47. The average Bonchev–Trinajstić information content (AvgIpc) is 2.95. The van der Waals surface area contributed by atoms with E-state index in [4.69, 9.17) is 9.73 Å². The molecule has 2 bridgehead atoms. The number of nitrogens with zero attached hydrogens (tertiary/aromatic N) is 5. The number of likely N-dealkylation sites (tertiary alicyclic amines) is 1. The van der Waals surface area contributed by atoms with Crippen LogP contribution in [0.4, 0.5) is 0 Å². The summed E-state index contributed by atoms with van der Waals surface area (Å²) >= 11 is 0. The molecule has 3 aliphatic heterocycles. The molecule has 1 aromatic rings. The van der Waals surface area contributed by atoms with E-state index >= 15 is 0 Å². The average molecular weight is 330 g/mol. The van der Waals surface area contributed by atoms with Crippen molar-refractivity contribution in [2.24, 2.45) is 23.9 Å². The molecule has 24 heavy (non-hydrogen) atoms. The molecule has 0 radical (unpaired) electrons. The summed E-state index contributed by atoms with van der Waals surface area (Å²) in [4.78, 5) is 7.36. The van der Waals surface area contributed by atoms with E-state index in [2.05, 4.69) is 20.4 Å². The molecule has 5 rings (SSSR count). The molecule has 7 heteroatoms. The second kappa shape index (κ2) is 5.44. The second-order valence-electron chi connectivity index (χ2n) is 7.80. The molecule has 1 aromatic heterocycles. The van der Waals surface area contributed by atoms with E-state index < -0.39 is 0 Å². The molecule has 4 aliphatic rings. The minimum atomic E-state index is 0.494. The Morgan fingerprint density at radius 1 is 1.17 bits per heavy atom.